The maximum Gasteiger partial charge on any atom is 0.355 e. The molecule has 1 unspecified atom stereocenters. The van der Waals surface area contributed by atoms with Crippen LogP contribution in [0.3, 0.4) is 0 Å². The van der Waals surface area contributed by atoms with Gasteiger partial charge in [-0.25, -0.2) is 23.0 Å². The maximum absolute atomic E-state index is 11.5. The van der Waals surface area contributed by atoms with Crippen LogP contribution in [0.2, 0.25) is 0 Å². The SMILES string of the molecule is CC(CS(C)(=O)=O)NC(=O)NCc1nc(C(=O)O)cs1. The molecule has 3 N–H and O–H groups in total. The zero-order valence-corrected chi connectivity index (χ0v) is 12.5. The number of urea groups is 1. The molecule has 0 aromatic carbocycles. The number of carboxylic acid groups (broad SMARTS) is 1. The van der Waals surface area contributed by atoms with Crippen LogP contribution in [0.15, 0.2) is 5.38 Å². The van der Waals surface area contributed by atoms with Gasteiger partial charge in [0.15, 0.2) is 5.69 Å². The minimum absolute atomic E-state index is 0.0716. The summed E-state index contributed by atoms with van der Waals surface area (Å²) in [6.45, 7) is 1.65. The molecule has 8 nitrogen and oxygen atoms in total. The number of carbonyl (C=O) groups is 2. The molecule has 0 fully saturated rings. The van der Waals surface area contributed by atoms with Crippen molar-refractivity contribution in [3.63, 3.8) is 0 Å². The Labute approximate surface area is 120 Å². The van der Waals surface area contributed by atoms with Crippen molar-refractivity contribution in [1.29, 1.82) is 0 Å². The van der Waals surface area contributed by atoms with Crippen LogP contribution in [-0.4, -0.2) is 48.6 Å². The lowest BCUT2D eigenvalue weighted by molar-refractivity contribution is 0.0691. The second kappa shape index (κ2) is 6.66. The van der Waals surface area contributed by atoms with E-state index in [9.17, 15) is 18.0 Å². The predicted molar refractivity (Wildman–Crippen MR) is 73.6 cm³/mol. The summed E-state index contributed by atoms with van der Waals surface area (Å²) >= 11 is 1.12. The van der Waals surface area contributed by atoms with E-state index >= 15 is 0 Å². The summed E-state index contributed by atoms with van der Waals surface area (Å²) in [5.41, 5.74) is -0.0716. The number of sulfone groups is 1. The first kappa shape index (κ1) is 16.4. The molecule has 1 aromatic heterocycles. The summed E-state index contributed by atoms with van der Waals surface area (Å²) in [5.74, 6) is -1.28. The Hall–Kier alpha value is -1.68. The molecule has 0 saturated carbocycles. The molecule has 0 radical (unpaired) electrons. The van der Waals surface area contributed by atoms with E-state index in [2.05, 4.69) is 15.6 Å². The first-order valence-corrected chi connectivity index (χ1v) is 8.51. The first-order valence-electron chi connectivity index (χ1n) is 5.57. The zero-order chi connectivity index (χ0) is 15.3. The van der Waals surface area contributed by atoms with Crippen LogP contribution >= 0.6 is 11.3 Å². The van der Waals surface area contributed by atoms with E-state index < -0.39 is 27.9 Å². The van der Waals surface area contributed by atoms with Gasteiger partial charge in [-0.15, -0.1) is 11.3 Å². The highest BCUT2D eigenvalue weighted by Gasteiger charge is 2.14. The summed E-state index contributed by atoms with van der Waals surface area (Å²) in [6, 6.07) is -1.05. The lowest BCUT2D eigenvalue weighted by Crippen LogP contribution is -2.43. The van der Waals surface area contributed by atoms with Gasteiger partial charge in [0, 0.05) is 17.7 Å². The van der Waals surface area contributed by atoms with Crippen LogP contribution in [0, 0.1) is 0 Å². The van der Waals surface area contributed by atoms with Gasteiger partial charge in [-0.2, -0.15) is 0 Å². The van der Waals surface area contributed by atoms with Gasteiger partial charge in [-0.1, -0.05) is 0 Å². The number of hydrogen-bond acceptors (Lipinski definition) is 6. The number of aromatic nitrogens is 1. The van der Waals surface area contributed by atoms with E-state index in [-0.39, 0.29) is 18.0 Å². The summed E-state index contributed by atoms with van der Waals surface area (Å²) in [6.07, 6.45) is 1.09. The third kappa shape index (κ3) is 5.97. The van der Waals surface area contributed by atoms with E-state index in [4.69, 9.17) is 5.11 Å². The summed E-state index contributed by atoms with van der Waals surface area (Å²) in [7, 11) is -3.16. The topological polar surface area (TPSA) is 125 Å². The van der Waals surface area contributed by atoms with Crippen LogP contribution < -0.4 is 10.6 Å². The van der Waals surface area contributed by atoms with Gasteiger partial charge in [-0.05, 0) is 6.92 Å². The van der Waals surface area contributed by atoms with E-state index in [0.29, 0.717) is 5.01 Å². The fourth-order valence-electron chi connectivity index (χ4n) is 1.42. The average molecular weight is 321 g/mol. The molecule has 0 saturated heterocycles. The molecular formula is C10H15N3O5S2. The Bertz CT molecular complexity index is 596. The van der Waals surface area contributed by atoms with Gasteiger partial charge in [-0.3, -0.25) is 0 Å². The number of nitrogens with zero attached hydrogens (tertiary/aromatic N) is 1. The molecule has 1 rings (SSSR count). The third-order valence-electron chi connectivity index (χ3n) is 2.10. The number of thiazole rings is 1. The van der Waals surface area contributed by atoms with Crippen LogP contribution in [0.25, 0.3) is 0 Å². The number of aromatic carboxylic acids is 1. The van der Waals surface area contributed by atoms with Crippen LogP contribution in [0.5, 0.6) is 0 Å². The fourth-order valence-corrected chi connectivity index (χ4v) is 3.12. The number of nitrogens with one attached hydrogen (secondary N) is 2. The number of carboxylic acids is 1. The Kier molecular flexibility index (Phi) is 5.45. The minimum Gasteiger partial charge on any atom is -0.476 e. The Morgan fingerprint density at radius 1 is 1.50 bits per heavy atom. The van der Waals surface area contributed by atoms with Gasteiger partial charge in [0.2, 0.25) is 0 Å². The van der Waals surface area contributed by atoms with Crippen molar-refractivity contribution in [3.8, 4) is 0 Å². The molecule has 10 heteroatoms. The zero-order valence-electron chi connectivity index (χ0n) is 10.9. The number of hydrogen-bond donors (Lipinski definition) is 3. The number of rotatable bonds is 6. The minimum atomic E-state index is -3.16. The highest BCUT2D eigenvalue weighted by atomic mass is 32.2. The summed E-state index contributed by atoms with van der Waals surface area (Å²) < 4.78 is 22.1. The highest BCUT2D eigenvalue weighted by molar-refractivity contribution is 7.90. The average Bonchev–Trinajstić information content (AvgIpc) is 2.72. The van der Waals surface area contributed by atoms with Gasteiger partial charge in [0.05, 0.1) is 12.3 Å². The molecule has 0 spiro atoms. The van der Waals surface area contributed by atoms with Gasteiger partial charge < -0.3 is 15.7 Å². The lowest BCUT2D eigenvalue weighted by Gasteiger charge is -2.12. The van der Waals surface area contributed by atoms with Crippen molar-refractivity contribution in [3.05, 3.63) is 16.1 Å². The number of carbonyl (C=O) groups excluding carboxylic acids is 1. The maximum atomic E-state index is 11.5. The van der Waals surface area contributed by atoms with Crippen molar-refractivity contribution >= 4 is 33.2 Å². The quantitative estimate of drug-likeness (QED) is 0.681. The summed E-state index contributed by atoms with van der Waals surface area (Å²) in [4.78, 5) is 25.9. The monoisotopic (exact) mass is 321 g/mol. The Morgan fingerprint density at radius 3 is 2.65 bits per heavy atom. The van der Waals surface area contributed by atoms with Crippen LogP contribution in [-0.2, 0) is 16.4 Å². The predicted octanol–water partition coefficient (Wildman–Crippen LogP) is 0.0736. The van der Waals surface area contributed by atoms with Crippen molar-refractivity contribution in [2.75, 3.05) is 12.0 Å². The van der Waals surface area contributed by atoms with Crippen LogP contribution in [0.4, 0.5) is 4.79 Å². The molecule has 0 bridgehead atoms. The highest BCUT2D eigenvalue weighted by Crippen LogP contribution is 2.09. The van der Waals surface area contributed by atoms with E-state index in [1.54, 1.807) is 6.92 Å². The van der Waals surface area contributed by atoms with Crippen molar-refractivity contribution in [1.82, 2.24) is 15.6 Å². The Balaban J connectivity index is 2.41. The van der Waals surface area contributed by atoms with E-state index in [1.807, 2.05) is 0 Å². The molecule has 1 heterocycles. The third-order valence-corrected chi connectivity index (χ3v) is 4.06. The molecule has 20 heavy (non-hydrogen) atoms. The van der Waals surface area contributed by atoms with Crippen LogP contribution in [0.1, 0.15) is 22.4 Å². The van der Waals surface area contributed by atoms with Crippen molar-refractivity contribution in [2.24, 2.45) is 0 Å². The first-order chi connectivity index (χ1) is 9.17. The smallest absolute Gasteiger partial charge is 0.355 e. The van der Waals surface area contributed by atoms with E-state index in [1.165, 1.54) is 5.38 Å². The lowest BCUT2D eigenvalue weighted by atomic mass is 10.4. The largest absolute Gasteiger partial charge is 0.476 e. The van der Waals surface area contributed by atoms with Crippen molar-refractivity contribution in [2.45, 2.75) is 19.5 Å². The number of amides is 2. The molecule has 1 aromatic rings. The van der Waals surface area contributed by atoms with Gasteiger partial charge in [0.1, 0.15) is 14.8 Å². The fraction of sp³-hybridized carbons (Fsp3) is 0.500. The van der Waals surface area contributed by atoms with Crippen molar-refractivity contribution < 1.29 is 23.1 Å². The van der Waals surface area contributed by atoms with Gasteiger partial charge >= 0.3 is 12.0 Å². The molecule has 112 valence electrons. The molecule has 0 aliphatic rings. The molecular weight excluding hydrogens is 306 g/mol. The van der Waals surface area contributed by atoms with E-state index in [0.717, 1.165) is 17.6 Å². The molecule has 1 atom stereocenters. The Morgan fingerprint density at radius 2 is 2.15 bits per heavy atom. The molecule has 0 aliphatic heterocycles. The molecule has 0 aliphatic carbocycles. The second-order valence-corrected chi connectivity index (χ2v) is 7.38. The normalized spacial score (nSPS) is 12.7. The standard InChI is InChI=1S/C10H15N3O5S2/c1-6(5-20(2,17)18)12-10(16)11-3-8-13-7(4-19-8)9(14)15/h4,6H,3,5H2,1-2H3,(H,14,15)(H2,11,12,16). The summed E-state index contributed by atoms with van der Waals surface area (Å²) in [5, 5.41) is 15.5. The van der Waals surface area contributed by atoms with Gasteiger partial charge in [0.25, 0.3) is 0 Å². The molecule has 2 amide bonds. The second-order valence-electron chi connectivity index (χ2n) is 4.25.